The third kappa shape index (κ3) is 3.80. The molecule has 0 fully saturated rings. The molecule has 1 rings (SSSR count). The highest BCUT2D eigenvalue weighted by Crippen LogP contribution is 2.23. The van der Waals surface area contributed by atoms with Crippen molar-refractivity contribution in [2.75, 3.05) is 13.6 Å². The molecular formula is C11H14BrNOS. The van der Waals surface area contributed by atoms with E-state index in [0.717, 1.165) is 28.0 Å². The van der Waals surface area contributed by atoms with Crippen LogP contribution in [0.25, 0.3) is 0 Å². The smallest absolute Gasteiger partial charge is 0.263 e. The number of nitrogens with zero attached hydrogens (tertiary/aromatic N) is 1. The molecular weight excluding hydrogens is 274 g/mol. The van der Waals surface area contributed by atoms with Crippen molar-refractivity contribution in [2.45, 2.75) is 12.8 Å². The fourth-order valence-corrected chi connectivity index (χ4v) is 2.57. The zero-order valence-electron chi connectivity index (χ0n) is 8.70. The lowest BCUT2D eigenvalue weighted by atomic mass is 10.3. The second-order valence-corrected chi connectivity index (χ2v) is 5.72. The Morgan fingerprint density at radius 1 is 1.67 bits per heavy atom. The molecule has 0 aliphatic carbocycles. The van der Waals surface area contributed by atoms with Crippen molar-refractivity contribution in [1.29, 1.82) is 0 Å². The molecule has 0 aliphatic rings. The van der Waals surface area contributed by atoms with Gasteiger partial charge in [0.15, 0.2) is 0 Å². The highest BCUT2D eigenvalue weighted by atomic mass is 79.9. The van der Waals surface area contributed by atoms with Gasteiger partial charge in [-0.3, -0.25) is 4.79 Å². The Hall–Kier alpha value is -0.610. The van der Waals surface area contributed by atoms with Crippen LogP contribution in [-0.4, -0.2) is 24.4 Å². The molecule has 0 N–H and O–H groups in total. The summed E-state index contributed by atoms with van der Waals surface area (Å²) in [6.07, 6.45) is 3.80. The molecule has 0 unspecified atom stereocenters. The Balaban J connectivity index is 2.49. The van der Waals surface area contributed by atoms with E-state index in [9.17, 15) is 4.79 Å². The number of carbonyl (C=O) groups excluding carboxylic acids is 1. The van der Waals surface area contributed by atoms with Crippen molar-refractivity contribution in [3.8, 4) is 0 Å². The quantitative estimate of drug-likeness (QED) is 0.599. The van der Waals surface area contributed by atoms with E-state index in [1.165, 1.54) is 11.3 Å². The Bertz CT molecular complexity index is 348. The van der Waals surface area contributed by atoms with Gasteiger partial charge < -0.3 is 4.90 Å². The first kappa shape index (κ1) is 12.5. The van der Waals surface area contributed by atoms with E-state index in [1.807, 2.05) is 25.3 Å². The normalized spacial score (nSPS) is 10.0. The number of amides is 1. The van der Waals surface area contributed by atoms with Gasteiger partial charge in [0.25, 0.3) is 5.91 Å². The molecule has 4 heteroatoms. The van der Waals surface area contributed by atoms with Crippen LogP contribution in [0.15, 0.2) is 28.6 Å². The zero-order valence-corrected chi connectivity index (χ0v) is 11.1. The number of carbonyl (C=O) groups is 1. The maximum Gasteiger partial charge on any atom is 0.263 e. The Labute approximate surface area is 103 Å². The summed E-state index contributed by atoms with van der Waals surface area (Å²) in [5.41, 5.74) is 0. The second kappa shape index (κ2) is 6.08. The lowest BCUT2D eigenvalue weighted by Crippen LogP contribution is -2.26. The molecule has 15 heavy (non-hydrogen) atoms. The van der Waals surface area contributed by atoms with E-state index in [-0.39, 0.29) is 5.91 Å². The van der Waals surface area contributed by atoms with Gasteiger partial charge in [-0.1, -0.05) is 6.08 Å². The van der Waals surface area contributed by atoms with Crippen molar-refractivity contribution in [3.63, 3.8) is 0 Å². The monoisotopic (exact) mass is 287 g/mol. The predicted molar refractivity (Wildman–Crippen MR) is 68.4 cm³/mol. The maximum atomic E-state index is 11.8. The molecule has 0 radical (unpaired) electrons. The summed E-state index contributed by atoms with van der Waals surface area (Å²) in [6.45, 7) is 4.43. The van der Waals surface area contributed by atoms with Crippen LogP contribution in [0.5, 0.6) is 0 Å². The first-order valence-electron chi connectivity index (χ1n) is 4.77. The molecule has 0 saturated heterocycles. The maximum absolute atomic E-state index is 11.8. The van der Waals surface area contributed by atoms with E-state index in [1.54, 1.807) is 4.90 Å². The van der Waals surface area contributed by atoms with E-state index in [2.05, 4.69) is 22.5 Å². The Morgan fingerprint density at radius 2 is 2.40 bits per heavy atom. The fourth-order valence-electron chi connectivity index (χ4n) is 1.19. The number of rotatable bonds is 5. The molecule has 0 aliphatic heterocycles. The SMILES string of the molecule is C=CCCCN(C)C(=O)c1ccc(Br)s1. The van der Waals surface area contributed by atoms with Gasteiger partial charge in [0.1, 0.15) is 0 Å². The minimum Gasteiger partial charge on any atom is -0.341 e. The first-order chi connectivity index (χ1) is 7.15. The van der Waals surface area contributed by atoms with Crippen LogP contribution in [0.3, 0.4) is 0 Å². The van der Waals surface area contributed by atoms with Gasteiger partial charge in [-0.15, -0.1) is 17.9 Å². The number of halogens is 1. The van der Waals surface area contributed by atoms with Gasteiger partial charge in [0.05, 0.1) is 8.66 Å². The molecule has 1 aromatic heterocycles. The van der Waals surface area contributed by atoms with Gasteiger partial charge in [0.2, 0.25) is 0 Å². The molecule has 0 bridgehead atoms. The number of allylic oxidation sites excluding steroid dienone is 1. The average molecular weight is 288 g/mol. The number of thiophene rings is 1. The van der Waals surface area contributed by atoms with Crippen LogP contribution in [-0.2, 0) is 0 Å². The lowest BCUT2D eigenvalue weighted by molar-refractivity contribution is 0.0798. The summed E-state index contributed by atoms with van der Waals surface area (Å²) >= 11 is 4.82. The van der Waals surface area contributed by atoms with Crippen molar-refractivity contribution in [1.82, 2.24) is 4.90 Å². The van der Waals surface area contributed by atoms with Crippen molar-refractivity contribution in [3.05, 3.63) is 33.5 Å². The summed E-state index contributed by atoms with van der Waals surface area (Å²) in [5, 5.41) is 0. The standard InChI is InChI=1S/C11H14BrNOS/c1-3-4-5-8-13(2)11(14)9-6-7-10(12)15-9/h3,6-7H,1,4-5,8H2,2H3. The summed E-state index contributed by atoms with van der Waals surface area (Å²) in [6, 6.07) is 3.75. The molecule has 2 nitrogen and oxygen atoms in total. The third-order valence-corrected chi connectivity index (χ3v) is 3.64. The molecule has 1 heterocycles. The first-order valence-corrected chi connectivity index (χ1v) is 6.38. The van der Waals surface area contributed by atoms with Crippen LogP contribution in [0, 0.1) is 0 Å². The van der Waals surface area contributed by atoms with Gasteiger partial charge in [-0.05, 0) is 40.9 Å². The number of unbranched alkanes of at least 4 members (excludes halogenated alkanes) is 1. The van der Waals surface area contributed by atoms with E-state index in [0.29, 0.717) is 0 Å². The molecule has 0 atom stereocenters. The summed E-state index contributed by atoms with van der Waals surface area (Å²) in [4.78, 5) is 14.4. The predicted octanol–water partition coefficient (Wildman–Crippen LogP) is 3.55. The van der Waals surface area contributed by atoms with E-state index >= 15 is 0 Å². The van der Waals surface area contributed by atoms with Crippen LogP contribution in [0.1, 0.15) is 22.5 Å². The van der Waals surface area contributed by atoms with E-state index < -0.39 is 0 Å². The van der Waals surface area contributed by atoms with Gasteiger partial charge in [-0.2, -0.15) is 0 Å². The fraction of sp³-hybridized carbons (Fsp3) is 0.364. The topological polar surface area (TPSA) is 20.3 Å². The van der Waals surface area contributed by atoms with Crippen molar-refractivity contribution in [2.24, 2.45) is 0 Å². The molecule has 82 valence electrons. The average Bonchev–Trinajstić information content (AvgIpc) is 2.64. The van der Waals surface area contributed by atoms with Gasteiger partial charge >= 0.3 is 0 Å². The van der Waals surface area contributed by atoms with Gasteiger partial charge in [0, 0.05) is 13.6 Å². The Kier molecular flexibility index (Phi) is 5.05. The summed E-state index contributed by atoms with van der Waals surface area (Å²) in [7, 11) is 1.83. The molecule has 0 spiro atoms. The number of hydrogen-bond acceptors (Lipinski definition) is 2. The van der Waals surface area contributed by atoms with E-state index in [4.69, 9.17) is 0 Å². The second-order valence-electron chi connectivity index (χ2n) is 3.26. The minimum absolute atomic E-state index is 0.0924. The van der Waals surface area contributed by atoms with Crippen LogP contribution in [0.4, 0.5) is 0 Å². The molecule has 1 amide bonds. The molecule has 0 saturated carbocycles. The lowest BCUT2D eigenvalue weighted by Gasteiger charge is -2.15. The largest absolute Gasteiger partial charge is 0.341 e. The number of hydrogen-bond donors (Lipinski definition) is 0. The third-order valence-electron chi connectivity index (χ3n) is 2.03. The van der Waals surface area contributed by atoms with Crippen LogP contribution >= 0.6 is 27.3 Å². The zero-order chi connectivity index (χ0) is 11.3. The minimum atomic E-state index is 0.0924. The Morgan fingerprint density at radius 3 is 2.93 bits per heavy atom. The van der Waals surface area contributed by atoms with Crippen LogP contribution < -0.4 is 0 Å². The summed E-state index contributed by atoms with van der Waals surface area (Å²) in [5.74, 6) is 0.0924. The van der Waals surface area contributed by atoms with Crippen molar-refractivity contribution >= 4 is 33.2 Å². The molecule has 1 aromatic rings. The van der Waals surface area contributed by atoms with Crippen molar-refractivity contribution < 1.29 is 4.79 Å². The molecule has 0 aromatic carbocycles. The highest BCUT2D eigenvalue weighted by molar-refractivity contribution is 9.11. The van der Waals surface area contributed by atoms with Crippen LogP contribution in [0.2, 0.25) is 0 Å². The van der Waals surface area contributed by atoms with Gasteiger partial charge in [-0.25, -0.2) is 0 Å². The highest BCUT2D eigenvalue weighted by Gasteiger charge is 2.12. The summed E-state index contributed by atoms with van der Waals surface area (Å²) < 4.78 is 0.991.